The Hall–Kier alpha value is -1.64. The molecule has 0 N–H and O–H groups in total. The number of halogens is 2. The molecule has 0 unspecified atom stereocenters. The molecule has 2 aromatic rings. The molecule has 1 aromatic carbocycles. The van der Waals surface area contributed by atoms with Crippen LogP contribution in [0.25, 0.3) is 11.3 Å². The highest BCUT2D eigenvalue weighted by Gasteiger charge is 2.13. The standard InChI is InChI=1S/C13H12F2O.C2H6/c1-8(2)11-6-7-12(16-11)9-4-3-5-10(14)13(9)15;1-2/h3-8H,1-2H3;1-2H3. The molecule has 2 rings (SSSR count). The first-order chi connectivity index (χ1) is 8.59. The number of rotatable bonds is 2. The van der Waals surface area contributed by atoms with Crippen LogP contribution in [0, 0.1) is 11.6 Å². The Bertz CT molecular complexity index is 501. The third-order valence-electron chi connectivity index (χ3n) is 2.41. The maximum atomic E-state index is 13.5. The monoisotopic (exact) mass is 252 g/mol. The topological polar surface area (TPSA) is 13.1 Å². The quantitative estimate of drug-likeness (QED) is 0.699. The first kappa shape index (κ1) is 14.4. The molecule has 0 bridgehead atoms. The van der Waals surface area contributed by atoms with Gasteiger partial charge in [0.05, 0.1) is 5.56 Å². The Kier molecular flexibility index (Phi) is 5.08. The minimum atomic E-state index is -0.868. The number of hydrogen-bond donors (Lipinski definition) is 0. The van der Waals surface area contributed by atoms with E-state index < -0.39 is 11.6 Å². The Labute approximate surface area is 106 Å². The molecule has 1 heterocycles. The minimum Gasteiger partial charge on any atom is -0.461 e. The molecule has 0 radical (unpaired) electrons. The minimum absolute atomic E-state index is 0.159. The van der Waals surface area contributed by atoms with E-state index in [2.05, 4.69) is 0 Å². The van der Waals surface area contributed by atoms with Crippen molar-refractivity contribution in [2.24, 2.45) is 0 Å². The van der Waals surface area contributed by atoms with Crippen LogP contribution >= 0.6 is 0 Å². The van der Waals surface area contributed by atoms with Gasteiger partial charge in [-0.25, -0.2) is 8.78 Å². The summed E-state index contributed by atoms with van der Waals surface area (Å²) in [5.41, 5.74) is 0.159. The molecular weight excluding hydrogens is 234 g/mol. The maximum Gasteiger partial charge on any atom is 0.169 e. The van der Waals surface area contributed by atoms with Gasteiger partial charge in [0.25, 0.3) is 0 Å². The molecule has 1 aromatic heterocycles. The average Bonchev–Trinajstić information content (AvgIpc) is 2.85. The van der Waals surface area contributed by atoms with Crippen molar-refractivity contribution in [3.05, 3.63) is 47.7 Å². The number of hydrogen-bond acceptors (Lipinski definition) is 1. The van der Waals surface area contributed by atoms with Gasteiger partial charge in [0, 0.05) is 5.92 Å². The summed E-state index contributed by atoms with van der Waals surface area (Å²) in [6, 6.07) is 7.50. The lowest BCUT2D eigenvalue weighted by molar-refractivity contribution is 0.483. The van der Waals surface area contributed by atoms with Crippen molar-refractivity contribution in [3.8, 4) is 11.3 Å². The third-order valence-corrected chi connectivity index (χ3v) is 2.41. The van der Waals surface area contributed by atoms with Crippen molar-refractivity contribution in [3.63, 3.8) is 0 Å². The van der Waals surface area contributed by atoms with E-state index in [1.165, 1.54) is 12.1 Å². The average molecular weight is 252 g/mol. The molecule has 18 heavy (non-hydrogen) atoms. The Balaban J connectivity index is 0.000000771. The summed E-state index contributed by atoms with van der Waals surface area (Å²) in [7, 11) is 0. The zero-order valence-corrected chi connectivity index (χ0v) is 11.1. The van der Waals surface area contributed by atoms with Crippen LogP contribution in [-0.4, -0.2) is 0 Å². The van der Waals surface area contributed by atoms with Crippen LogP contribution in [0.2, 0.25) is 0 Å². The fourth-order valence-electron chi connectivity index (χ4n) is 1.50. The van der Waals surface area contributed by atoms with E-state index in [0.29, 0.717) is 5.76 Å². The smallest absolute Gasteiger partial charge is 0.169 e. The molecule has 0 amide bonds. The zero-order chi connectivity index (χ0) is 13.7. The van der Waals surface area contributed by atoms with Crippen LogP contribution in [0.15, 0.2) is 34.7 Å². The van der Waals surface area contributed by atoms with Crippen LogP contribution in [0.5, 0.6) is 0 Å². The first-order valence-corrected chi connectivity index (χ1v) is 6.13. The van der Waals surface area contributed by atoms with E-state index in [9.17, 15) is 8.78 Å². The largest absolute Gasteiger partial charge is 0.461 e. The maximum absolute atomic E-state index is 13.5. The molecular formula is C15H18F2O. The van der Waals surface area contributed by atoms with Crippen molar-refractivity contribution in [1.29, 1.82) is 0 Å². The molecule has 98 valence electrons. The molecule has 0 saturated heterocycles. The molecule has 3 heteroatoms. The van der Waals surface area contributed by atoms with Gasteiger partial charge in [0.2, 0.25) is 0 Å². The lowest BCUT2D eigenvalue weighted by Gasteiger charge is -2.01. The van der Waals surface area contributed by atoms with Crippen LogP contribution < -0.4 is 0 Å². The van der Waals surface area contributed by atoms with Crippen LogP contribution in [0.4, 0.5) is 8.78 Å². The molecule has 0 aliphatic rings. The zero-order valence-electron chi connectivity index (χ0n) is 11.1. The number of benzene rings is 1. The van der Waals surface area contributed by atoms with Gasteiger partial charge in [-0.1, -0.05) is 33.8 Å². The highest BCUT2D eigenvalue weighted by atomic mass is 19.2. The molecule has 0 aliphatic carbocycles. The van der Waals surface area contributed by atoms with Crippen LogP contribution in [0.3, 0.4) is 0 Å². The molecule has 0 aliphatic heterocycles. The van der Waals surface area contributed by atoms with Crippen molar-refractivity contribution in [2.75, 3.05) is 0 Å². The second-order valence-corrected chi connectivity index (χ2v) is 3.96. The predicted molar refractivity (Wildman–Crippen MR) is 69.5 cm³/mol. The van der Waals surface area contributed by atoms with Gasteiger partial charge in [-0.3, -0.25) is 0 Å². The lowest BCUT2D eigenvalue weighted by atomic mass is 10.1. The van der Waals surface area contributed by atoms with Gasteiger partial charge in [-0.15, -0.1) is 0 Å². The van der Waals surface area contributed by atoms with E-state index in [0.717, 1.165) is 11.8 Å². The van der Waals surface area contributed by atoms with Gasteiger partial charge < -0.3 is 4.42 Å². The summed E-state index contributed by atoms with van der Waals surface area (Å²) in [5.74, 6) is -0.378. The molecule has 0 atom stereocenters. The van der Waals surface area contributed by atoms with Gasteiger partial charge in [0.1, 0.15) is 11.5 Å². The van der Waals surface area contributed by atoms with Gasteiger partial charge in [-0.05, 0) is 24.3 Å². The van der Waals surface area contributed by atoms with Gasteiger partial charge >= 0.3 is 0 Å². The van der Waals surface area contributed by atoms with Crippen molar-refractivity contribution >= 4 is 0 Å². The highest BCUT2D eigenvalue weighted by molar-refractivity contribution is 5.58. The molecule has 0 fully saturated rings. The van der Waals surface area contributed by atoms with E-state index in [1.54, 1.807) is 12.1 Å². The summed E-state index contributed by atoms with van der Waals surface area (Å²) >= 11 is 0. The van der Waals surface area contributed by atoms with E-state index in [-0.39, 0.29) is 11.5 Å². The van der Waals surface area contributed by atoms with E-state index >= 15 is 0 Å². The predicted octanol–water partition coefficient (Wildman–Crippen LogP) is 5.37. The van der Waals surface area contributed by atoms with Crippen LogP contribution in [0.1, 0.15) is 39.4 Å². The second kappa shape index (κ2) is 6.34. The van der Waals surface area contributed by atoms with Crippen molar-refractivity contribution < 1.29 is 13.2 Å². The summed E-state index contributed by atoms with van der Waals surface area (Å²) in [5, 5.41) is 0. The Morgan fingerprint density at radius 2 is 1.67 bits per heavy atom. The normalized spacial score (nSPS) is 10.2. The third kappa shape index (κ3) is 2.97. The lowest BCUT2D eigenvalue weighted by Crippen LogP contribution is -1.87. The Morgan fingerprint density at radius 3 is 2.22 bits per heavy atom. The van der Waals surface area contributed by atoms with E-state index in [1.807, 2.05) is 27.7 Å². The number of furan rings is 1. The SMILES string of the molecule is CC.CC(C)c1ccc(-c2cccc(F)c2F)o1. The van der Waals surface area contributed by atoms with Gasteiger partial charge in [-0.2, -0.15) is 0 Å². The summed E-state index contributed by atoms with van der Waals surface area (Å²) in [6.45, 7) is 7.95. The van der Waals surface area contributed by atoms with Crippen molar-refractivity contribution in [2.45, 2.75) is 33.6 Å². The molecule has 1 nitrogen and oxygen atoms in total. The van der Waals surface area contributed by atoms with Crippen LogP contribution in [-0.2, 0) is 0 Å². The summed E-state index contributed by atoms with van der Waals surface area (Å²) < 4.78 is 31.9. The Morgan fingerprint density at radius 1 is 1.00 bits per heavy atom. The fourth-order valence-corrected chi connectivity index (χ4v) is 1.50. The molecule has 0 spiro atoms. The summed E-state index contributed by atoms with van der Waals surface area (Å²) in [4.78, 5) is 0. The highest BCUT2D eigenvalue weighted by Crippen LogP contribution is 2.28. The molecule has 0 saturated carbocycles. The second-order valence-electron chi connectivity index (χ2n) is 3.96. The van der Waals surface area contributed by atoms with Gasteiger partial charge in [0.15, 0.2) is 11.6 Å². The van der Waals surface area contributed by atoms with Crippen molar-refractivity contribution in [1.82, 2.24) is 0 Å². The fraction of sp³-hybridized carbons (Fsp3) is 0.333. The van der Waals surface area contributed by atoms with E-state index in [4.69, 9.17) is 4.42 Å². The first-order valence-electron chi connectivity index (χ1n) is 6.13. The summed E-state index contributed by atoms with van der Waals surface area (Å²) in [6.07, 6.45) is 0.